The van der Waals surface area contributed by atoms with Gasteiger partial charge in [-0.05, 0) is 38.5 Å². The molecule has 1 amide bonds. The first-order valence-corrected chi connectivity index (χ1v) is 6.04. The van der Waals surface area contributed by atoms with Crippen molar-refractivity contribution >= 4 is 5.91 Å². The Hall–Kier alpha value is -1.63. The van der Waals surface area contributed by atoms with Crippen LogP contribution in [0.15, 0.2) is 18.2 Å². The summed E-state index contributed by atoms with van der Waals surface area (Å²) in [5.74, 6) is -1.88. The summed E-state index contributed by atoms with van der Waals surface area (Å²) in [6.45, 7) is 3.38. The summed E-state index contributed by atoms with van der Waals surface area (Å²) >= 11 is 0. The molecule has 0 aliphatic rings. The van der Waals surface area contributed by atoms with Gasteiger partial charge in [-0.2, -0.15) is 13.2 Å². The van der Waals surface area contributed by atoms with Gasteiger partial charge in [0.05, 0.1) is 11.1 Å². The largest absolute Gasteiger partial charge is 0.416 e. The number of nitrogens with two attached hydrogens (primary N) is 1. The molecule has 20 heavy (non-hydrogen) atoms. The molecule has 2 unspecified atom stereocenters. The van der Waals surface area contributed by atoms with Gasteiger partial charge < -0.3 is 11.1 Å². The first kappa shape index (κ1) is 16.4. The van der Waals surface area contributed by atoms with Crippen LogP contribution in [0.3, 0.4) is 0 Å². The number of benzene rings is 1. The predicted octanol–water partition coefficient (Wildman–Crippen LogP) is 2.70. The van der Waals surface area contributed by atoms with Crippen molar-refractivity contribution < 1.29 is 22.4 Å². The van der Waals surface area contributed by atoms with Crippen molar-refractivity contribution in [1.29, 1.82) is 0 Å². The number of hydrogen-bond acceptors (Lipinski definition) is 2. The normalized spacial score (nSPS) is 14.8. The van der Waals surface area contributed by atoms with Gasteiger partial charge in [0, 0.05) is 12.1 Å². The Bertz CT molecular complexity index is 486. The Balaban J connectivity index is 2.92. The van der Waals surface area contributed by atoms with E-state index in [0.717, 1.165) is 0 Å². The molecule has 2 atom stereocenters. The minimum atomic E-state index is -4.62. The van der Waals surface area contributed by atoms with Gasteiger partial charge in [-0.3, -0.25) is 4.79 Å². The zero-order chi connectivity index (χ0) is 15.5. The van der Waals surface area contributed by atoms with Gasteiger partial charge in [0.2, 0.25) is 0 Å². The number of rotatable bonds is 4. The van der Waals surface area contributed by atoms with E-state index in [1.165, 1.54) is 0 Å². The molecule has 112 valence electrons. The van der Waals surface area contributed by atoms with Gasteiger partial charge in [0.25, 0.3) is 5.91 Å². The highest BCUT2D eigenvalue weighted by atomic mass is 19.4. The van der Waals surface area contributed by atoms with Crippen LogP contribution in [0, 0.1) is 5.82 Å². The fourth-order valence-corrected chi connectivity index (χ4v) is 1.79. The lowest BCUT2D eigenvalue weighted by Gasteiger charge is -2.16. The molecule has 0 saturated heterocycles. The number of hydrogen-bond donors (Lipinski definition) is 2. The van der Waals surface area contributed by atoms with Crippen molar-refractivity contribution in [3.63, 3.8) is 0 Å². The van der Waals surface area contributed by atoms with Crippen LogP contribution in [-0.4, -0.2) is 18.0 Å². The lowest BCUT2D eigenvalue weighted by atomic mass is 10.1. The van der Waals surface area contributed by atoms with Crippen molar-refractivity contribution in [3.8, 4) is 0 Å². The van der Waals surface area contributed by atoms with E-state index in [1.807, 2.05) is 0 Å². The summed E-state index contributed by atoms with van der Waals surface area (Å²) in [5.41, 5.74) is 3.85. The van der Waals surface area contributed by atoms with Crippen LogP contribution in [0.4, 0.5) is 17.6 Å². The Morgan fingerprint density at radius 2 is 1.95 bits per heavy atom. The van der Waals surface area contributed by atoms with Crippen molar-refractivity contribution in [1.82, 2.24) is 5.32 Å². The first-order chi connectivity index (χ1) is 9.11. The molecule has 1 aromatic carbocycles. The van der Waals surface area contributed by atoms with Crippen LogP contribution in [-0.2, 0) is 6.18 Å². The molecule has 1 rings (SSSR count). The monoisotopic (exact) mass is 292 g/mol. The molecular formula is C13H16F4N2O. The fraction of sp³-hybridized carbons (Fsp3) is 0.462. The van der Waals surface area contributed by atoms with Crippen molar-refractivity contribution in [2.75, 3.05) is 0 Å². The molecule has 3 N–H and O–H groups in total. The number of halogens is 4. The van der Waals surface area contributed by atoms with E-state index in [0.29, 0.717) is 24.6 Å². The SMILES string of the molecule is CC(N)CC(C)NC(=O)c1cc(C(F)(F)F)ccc1F. The molecule has 0 aliphatic carbocycles. The number of nitrogens with one attached hydrogen (secondary N) is 1. The van der Waals surface area contributed by atoms with E-state index in [9.17, 15) is 22.4 Å². The van der Waals surface area contributed by atoms with Crippen molar-refractivity contribution in [2.45, 2.75) is 38.5 Å². The summed E-state index contributed by atoms with van der Waals surface area (Å²) in [7, 11) is 0. The van der Waals surface area contributed by atoms with Crippen molar-refractivity contribution in [2.24, 2.45) is 5.73 Å². The molecule has 0 aromatic heterocycles. The van der Waals surface area contributed by atoms with Crippen molar-refractivity contribution in [3.05, 3.63) is 35.1 Å². The second kappa shape index (κ2) is 6.21. The maximum Gasteiger partial charge on any atom is 0.416 e. The molecule has 0 heterocycles. The average Bonchev–Trinajstić information content (AvgIpc) is 2.26. The maximum absolute atomic E-state index is 13.5. The number of carbonyl (C=O) groups is 1. The predicted molar refractivity (Wildman–Crippen MR) is 66.6 cm³/mol. The molecule has 0 spiro atoms. The Labute approximate surface area is 114 Å². The number of amides is 1. The molecule has 0 saturated carbocycles. The molecule has 0 bridgehead atoms. The van der Waals surface area contributed by atoms with Gasteiger partial charge in [-0.1, -0.05) is 0 Å². The van der Waals surface area contributed by atoms with Crippen LogP contribution in [0.1, 0.15) is 36.2 Å². The van der Waals surface area contributed by atoms with Gasteiger partial charge in [-0.15, -0.1) is 0 Å². The molecule has 7 heteroatoms. The Morgan fingerprint density at radius 3 is 2.45 bits per heavy atom. The summed E-state index contributed by atoms with van der Waals surface area (Å²) < 4.78 is 51.0. The fourth-order valence-electron chi connectivity index (χ4n) is 1.79. The lowest BCUT2D eigenvalue weighted by Crippen LogP contribution is -2.37. The highest BCUT2D eigenvalue weighted by molar-refractivity contribution is 5.94. The van der Waals surface area contributed by atoms with Crippen LogP contribution in [0.25, 0.3) is 0 Å². The molecule has 0 radical (unpaired) electrons. The minimum absolute atomic E-state index is 0.184. The standard InChI is InChI=1S/C13H16F4N2O/c1-7(18)5-8(2)19-12(20)10-6-9(13(15,16)17)3-4-11(10)14/h3-4,6-8H,5,18H2,1-2H3,(H,19,20). The quantitative estimate of drug-likeness (QED) is 0.838. The summed E-state index contributed by atoms with van der Waals surface area (Å²) in [6, 6.07) is 1.18. The second-order valence-electron chi connectivity index (χ2n) is 4.78. The lowest BCUT2D eigenvalue weighted by molar-refractivity contribution is -0.137. The highest BCUT2D eigenvalue weighted by Gasteiger charge is 2.32. The van der Waals surface area contributed by atoms with Gasteiger partial charge in [0.1, 0.15) is 5.82 Å². The number of alkyl halides is 3. The summed E-state index contributed by atoms with van der Waals surface area (Å²) in [5, 5.41) is 2.42. The topological polar surface area (TPSA) is 55.1 Å². The van der Waals surface area contributed by atoms with Gasteiger partial charge in [-0.25, -0.2) is 4.39 Å². The third-order valence-corrected chi connectivity index (χ3v) is 2.64. The number of carbonyl (C=O) groups excluding carboxylic acids is 1. The Morgan fingerprint density at radius 1 is 1.35 bits per heavy atom. The van der Waals surface area contributed by atoms with E-state index in [1.54, 1.807) is 13.8 Å². The van der Waals surface area contributed by atoms with Crippen LogP contribution in [0.2, 0.25) is 0 Å². The van der Waals surface area contributed by atoms with E-state index >= 15 is 0 Å². The zero-order valence-electron chi connectivity index (χ0n) is 11.1. The first-order valence-electron chi connectivity index (χ1n) is 6.04. The third kappa shape index (κ3) is 4.48. The highest BCUT2D eigenvalue weighted by Crippen LogP contribution is 2.30. The van der Waals surface area contributed by atoms with E-state index in [-0.39, 0.29) is 12.1 Å². The van der Waals surface area contributed by atoms with E-state index < -0.39 is 29.0 Å². The maximum atomic E-state index is 13.5. The summed E-state index contributed by atoms with van der Waals surface area (Å²) in [6.07, 6.45) is -4.19. The molecule has 3 nitrogen and oxygen atoms in total. The van der Waals surface area contributed by atoms with E-state index in [4.69, 9.17) is 5.73 Å². The average molecular weight is 292 g/mol. The Kier molecular flexibility index (Phi) is 5.10. The molecule has 0 aliphatic heterocycles. The van der Waals surface area contributed by atoms with Gasteiger partial charge >= 0.3 is 6.18 Å². The van der Waals surface area contributed by atoms with Crippen LogP contribution >= 0.6 is 0 Å². The van der Waals surface area contributed by atoms with Crippen LogP contribution < -0.4 is 11.1 Å². The van der Waals surface area contributed by atoms with Crippen LogP contribution in [0.5, 0.6) is 0 Å². The minimum Gasteiger partial charge on any atom is -0.349 e. The summed E-state index contributed by atoms with van der Waals surface area (Å²) in [4.78, 5) is 11.8. The smallest absolute Gasteiger partial charge is 0.349 e. The molecular weight excluding hydrogens is 276 g/mol. The van der Waals surface area contributed by atoms with E-state index in [2.05, 4.69) is 5.32 Å². The molecule has 0 fully saturated rings. The molecule has 1 aromatic rings. The second-order valence-corrected chi connectivity index (χ2v) is 4.78. The zero-order valence-corrected chi connectivity index (χ0v) is 11.1. The van der Waals surface area contributed by atoms with Gasteiger partial charge in [0.15, 0.2) is 0 Å². The third-order valence-electron chi connectivity index (χ3n) is 2.64.